The van der Waals surface area contributed by atoms with Crippen LogP contribution < -0.4 is 10.6 Å². The minimum absolute atomic E-state index is 0.153. The van der Waals surface area contributed by atoms with Crippen LogP contribution in [0.25, 0.3) is 0 Å². The van der Waals surface area contributed by atoms with Crippen molar-refractivity contribution >= 4 is 35.1 Å². The molecule has 1 fully saturated rings. The van der Waals surface area contributed by atoms with Crippen molar-refractivity contribution in [3.63, 3.8) is 0 Å². The number of halogens is 1. The molecule has 1 heterocycles. The van der Waals surface area contributed by atoms with Gasteiger partial charge in [0, 0.05) is 10.7 Å². The third-order valence-electron chi connectivity index (χ3n) is 2.76. The highest BCUT2D eigenvalue weighted by molar-refractivity contribution is 6.30. The molecule has 100 valence electrons. The molecule has 1 saturated heterocycles. The van der Waals surface area contributed by atoms with Gasteiger partial charge in [-0.2, -0.15) is 0 Å². The van der Waals surface area contributed by atoms with E-state index >= 15 is 0 Å². The van der Waals surface area contributed by atoms with E-state index in [0.29, 0.717) is 10.7 Å². The molecule has 2 rings (SSSR count). The van der Waals surface area contributed by atoms with Crippen molar-refractivity contribution in [2.75, 3.05) is 11.9 Å². The zero-order chi connectivity index (χ0) is 14.0. The maximum atomic E-state index is 12.0. The SMILES string of the molecule is CC1C(=O)NC(=O)CN1C(=O)Nc1cccc(Cl)c1. The smallest absolute Gasteiger partial charge is 0.308 e. The van der Waals surface area contributed by atoms with Gasteiger partial charge in [0.2, 0.25) is 11.8 Å². The second-order valence-corrected chi connectivity index (χ2v) is 4.59. The van der Waals surface area contributed by atoms with Gasteiger partial charge in [0.25, 0.3) is 0 Å². The molecule has 0 spiro atoms. The van der Waals surface area contributed by atoms with Gasteiger partial charge in [0.1, 0.15) is 12.6 Å². The van der Waals surface area contributed by atoms with Crippen LogP contribution in [0, 0.1) is 0 Å². The number of hydrogen-bond acceptors (Lipinski definition) is 3. The molecule has 6 nitrogen and oxygen atoms in total. The predicted molar refractivity (Wildman–Crippen MR) is 69.8 cm³/mol. The Bertz CT molecular complexity index is 547. The Labute approximate surface area is 114 Å². The minimum Gasteiger partial charge on any atom is -0.308 e. The highest BCUT2D eigenvalue weighted by Gasteiger charge is 2.33. The molecule has 1 unspecified atom stereocenters. The number of rotatable bonds is 1. The number of urea groups is 1. The van der Waals surface area contributed by atoms with E-state index in [9.17, 15) is 14.4 Å². The van der Waals surface area contributed by atoms with Crippen LogP contribution in [0.2, 0.25) is 5.02 Å². The van der Waals surface area contributed by atoms with E-state index in [4.69, 9.17) is 11.6 Å². The summed E-state index contributed by atoms with van der Waals surface area (Å²) < 4.78 is 0. The number of hydrogen-bond donors (Lipinski definition) is 2. The molecule has 1 aliphatic heterocycles. The lowest BCUT2D eigenvalue weighted by Gasteiger charge is -2.31. The fourth-order valence-corrected chi connectivity index (χ4v) is 1.91. The largest absolute Gasteiger partial charge is 0.322 e. The van der Waals surface area contributed by atoms with Gasteiger partial charge in [0.15, 0.2) is 0 Å². The Morgan fingerprint density at radius 3 is 2.89 bits per heavy atom. The number of nitrogens with zero attached hydrogens (tertiary/aromatic N) is 1. The molecule has 0 saturated carbocycles. The number of anilines is 1. The topological polar surface area (TPSA) is 78.5 Å². The fraction of sp³-hybridized carbons (Fsp3) is 0.250. The predicted octanol–water partition coefficient (Wildman–Crippen LogP) is 1.22. The van der Waals surface area contributed by atoms with Crippen LogP contribution in [0.3, 0.4) is 0 Å². The highest BCUT2D eigenvalue weighted by Crippen LogP contribution is 2.16. The quantitative estimate of drug-likeness (QED) is 0.760. The monoisotopic (exact) mass is 281 g/mol. The summed E-state index contributed by atoms with van der Waals surface area (Å²) in [6.45, 7) is 1.40. The van der Waals surface area contributed by atoms with Crippen LogP contribution in [0.5, 0.6) is 0 Å². The summed E-state index contributed by atoms with van der Waals surface area (Å²) in [6, 6.07) is 5.40. The van der Waals surface area contributed by atoms with Gasteiger partial charge in [-0.15, -0.1) is 0 Å². The molecule has 4 amide bonds. The van der Waals surface area contributed by atoms with Gasteiger partial charge in [0.05, 0.1) is 0 Å². The van der Waals surface area contributed by atoms with Crippen LogP contribution in [-0.4, -0.2) is 35.3 Å². The Morgan fingerprint density at radius 2 is 2.21 bits per heavy atom. The third kappa shape index (κ3) is 3.03. The number of amides is 4. The molecule has 19 heavy (non-hydrogen) atoms. The molecule has 2 N–H and O–H groups in total. The van der Waals surface area contributed by atoms with Gasteiger partial charge in [-0.25, -0.2) is 4.79 Å². The van der Waals surface area contributed by atoms with Crippen molar-refractivity contribution in [2.45, 2.75) is 13.0 Å². The number of carbonyl (C=O) groups is 3. The standard InChI is InChI=1S/C12H12ClN3O3/c1-7-11(18)15-10(17)6-16(7)12(19)14-9-4-2-3-8(13)5-9/h2-5,7H,6H2,1H3,(H,14,19)(H,15,17,18). The number of imide groups is 1. The van der Waals surface area contributed by atoms with E-state index in [-0.39, 0.29) is 6.54 Å². The first-order valence-corrected chi connectivity index (χ1v) is 6.02. The van der Waals surface area contributed by atoms with E-state index < -0.39 is 23.9 Å². The fourth-order valence-electron chi connectivity index (χ4n) is 1.72. The van der Waals surface area contributed by atoms with E-state index in [0.717, 1.165) is 0 Å². The summed E-state index contributed by atoms with van der Waals surface area (Å²) in [4.78, 5) is 35.9. The molecule has 1 aliphatic rings. The maximum absolute atomic E-state index is 12.0. The molecule has 0 aliphatic carbocycles. The van der Waals surface area contributed by atoms with Gasteiger partial charge in [-0.3, -0.25) is 14.9 Å². The van der Waals surface area contributed by atoms with Crippen molar-refractivity contribution in [3.8, 4) is 0 Å². The van der Waals surface area contributed by atoms with Crippen LogP contribution >= 0.6 is 11.6 Å². The average molecular weight is 282 g/mol. The number of nitrogens with one attached hydrogen (secondary N) is 2. The molecule has 0 bridgehead atoms. The number of benzene rings is 1. The maximum Gasteiger partial charge on any atom is 0.322 e. The lowest BCUT2D eigenvalue weighted by atomic mass is 10.2. The molecular weight excluding hydrogens is 270 g/mol. The summed E-state index contributed by atoms with van der Waals surface area (Å²) in [6.07, 6.45) is 0. The number of piperazine rings is 1. The van der Waals surface area contributed by atoms with Crippen molar-refractivity contribution in [1.29, 1.82) is 0 Å². The summed E-state index contributed by atoms with van der Waals surface area (Å²) in [5.74, 6) is -0.984. The molecule has 0 radical (unpaired) electrons. The Kier molecular flexibility index (Phi) is 3.71. The first-order valence-electron chi connectivity index (χ1n) is 5.64. The molecule has 1 aromatic rings. The van der Waals surface area contributed by atoms with Crippen molar-refractivity contribution in [3.05, 3.63) is 29.3 Å². The van der Waals surface area contributed by atoms with Gasteiger partial charge < -0.3 is 10.2 Å². The van der Waals surface area contributed by atoms with E-state index in [1.165, 1.54) is 4.90 Å². The molecular formula is C12H12ClN3O3. The van der Waals surface area contributed by atoms with Crippen molar-refractivity contribution in [1.82, 2.24) is 10.2 Å². The summed E-state index contributed by atoms with van der Waals surface area (Å²) >= 11 is 5.81. The molecule has 1 atom stereocenters. The lowest BCUT2D eigenvalue weighted by molar-refractivity contribution is -0.137. The highest BCUT2D eigenvalue weighted by atomic mass is 35.5. The first-order chi connectivity index (χ1) is 8.97. The van der Waals surface area contributed by atoms with E-state index in [1.54, 1.807) is 31.2 Å². The van der Waals surface area contributed by atoms with Gasteiger partial charge in [-0.05, 0) is 25.1 Å². The Hall–Kier alpha value is -2.08. The molecule has 0 aromatic heterocycles. The normalized spacial score (nSPS) is 19.1. The zero-order valence-corrected chi connectivity index (χ0v) is 10.9. The summed E-state index contributed by atoms with van der Waals surface area (Å²) in [5.41, 5.74) is 0.503. The van der Waals surface area contributed by atoms with Gasteiger partial charge in [-0.1, -0.05) is 17.7 Å². The van der Waals surface area contributed by atoms with Crippen LogP contribution in [0.15, 0.2) is 24.3 Å². The van der Waals surface area contributed by atoms with Crippen LogP contribution in [0.1, 0.15) is 6.92 Å². The van der Waals surface area contributed by atoms with E-state index in [2.05, 4.69) is 10.6 Å². The van der Waals surface area contributed by atoms with Crippen molar-refractivity contribution < 1.29 is 14.4 Å². The van der Waals surface area contributed by atoms with Crippen LogP contribution in [-0.2, 0) is 9.59 Å². The van der Waals surface area contributed by atoms with E-state index in [1.807, 2.05) is 0 Å². The lowest BCUT2D eigenvalue weighted by Crippen LogP contribution is -2.59. The summed E-state index contributed by atoms with van der Waals surface area (Å²) in [5, 5.41) is 5.25. The van der Waals surface area contributed by atoms with Crippen molar-refractivity contribution in [2.24, 2.45) is 0 Å². The first kappa shape index (κ1) is 13.4. The Balaban J connectivity index is 2.11. The van der Waals surface area contributed by atoms with Gasteiger partial charge >= 0.3 is 6.03 Å². The number of carbonyl (C=O) groups excluding carboxylic acids is 3. The summed E-state index contributed by atoms with van der Waals surface area (Å²) in [7, 11) is 0. The average Bonchev–Trinajstić information content (AvgIpc) is 2.33. The minimum atomic E-state index is -0.697. The second-order valence-electron chi connectivity index (χ2n) is 4.16. The third-order valence-corrected chi connectivity index (χ3v) is 3.00. The Morgan fingerprint density at radius 1 is 1.47 bits per heavy atom. The second kappa shape index (κ2) is 5.27. The molecule has 1 aromatic carbocycles. The van der Waals surface area contributed by atoms with Crippen LogP contribution in [0.4, 0.5) is 10.5 Å². The zero-order valence-electron chi connectivity index (χ0n) is 10.1. The molecule has 7 heteroatoms.